The van der Waals surface area contributed by atoms with Crippen molar-refractivity contribution in [2.24, 2.45) is 0 Å². The quantitative estimate of drug-likeness (QED) is 0.525. The molecule has 1 saturated heterocycles. The largest absolute Gasteiger partial charge is 0.493 e. The number of thiophene rings is 1. The van der Waals surface area contributed by atoms with Crippen LogP contribution < -0.4 is 15.7 Å². The van der Waals surface area contributed by atoms with E-state index in [9.17, 15) is 18.0 Å². The molecular formula is C22H24N2O6S2. The average molecular weight is 477 g/mol. The van der Waals surface area contributed by atoms with Crippen molar-refractivity contribution >= 4 is 38.2 Å². The molecule has 1 unspecified atom stereocenters. The minimum atomic E-state index is -3.55. The predicted octanol–water partition coefficient (Wildman–Crippen LogP) is 3.23. The smallest absolute Gasteiger partial charge is 0.349 e. The Morgan fingerprint density at radius 2 is 2.12 bits per heavy atom. The molecule has 4 rings (SSSR count). The van der Waals surface area contributed by atoms with Gasteiger partial charge in [-0.15, -0.1) is 11.3 Å². The standard InChI is InChI=1S/C22H24N2O6S2/c1-29-18-8-4-6-15-14-17(22(26)30-20(15)18)21(25)23-11-10-16-7-2-3-12-24(16)32(27,28)19-9-5-13-31-19/h4-6,8-9,13-14,16H,2-3,7,10-12H2,1H3,(H,23,25). The molecule has 10 heteroatoms. The highest BCUT2D eigenvalue weighted by Crippen LogP contribution is 2.29. The molecule has 0 saturated carbocycles. The van der Waals surface area contributed by atoms with Crippen molar-refractivity contribution in [2.75, 3.05) is 20.2 Å². The maximum absolute atomic E-state index is 13.0. The normalized spacial score (nSPS) is 17.3. The number of nitrogens with zero attached hydrogens (tertiary/aromatic N) is 1. The second-order valence-electron chi connectivity index (χ2n) is 7.57. The third-order valence-corrected chi connectivity index (χ3v) is 8.91. The molecular weight excluding hydrogens is 452 g/mol. The lowest BCUT2D eigenvalue weighted by Crippen LogP contribution is -2.45. The van der Waals surface area contributed by atoms with E-state index in [2.05, 4.69) is 5.32 Å². The number of methoxy groups -OCH3 is 1. The first kappa shape index (κ1) is 22.5. The van der Waals surface area contributed by atoms with Crippen LogP contribution >= 0.6 is 11.3 Å². The summed E-state index contributed by atoms with van der Waals surface area (Å²) in [6.45, 7) is 0.713. The van der Waals surface area contributed by atoms with E-state index in [4.69, 9.17) is 9.15 Å². The first-order chi connectivity index (χ1) is 15.4. The number of piperidine rings is 1. The fourth-order valence-electron chi connectivity index (χ4n) is 3.99. The van der Waals surface area contributed by atoms with Gasteiger partial charge in [0.15, 0.2) is 11.3 Å². The summed E-state index contributed by atoms with van der Waals surface area (Å²) in [5, 5.41) is 5.06. The Labute approximate surface area is 189 Å². The molecule has 3 aromatic rings. The predicted molar refractivity (Wildman–Crippen MR) is 122 cm³/mol. The maximum Gasteiger partial charge on any atom is 0.349 e. The molecule has 1 amide bonds. The van der Waals surface area contributed by atoms with Crippen molar-refractivity contribution < 1.29 is 22.4 Å². The van der Waals surface area contributed by atoms with Gasteiger partial charge in [0, 0.05) is 24.5 Å². The summed E-state index contributed by atoms with van der Waals surface area (Å²) < 4.78 is 38.3. The third kappa shape index (κ3) is 4.43. The number of hydrogen-bond acceptors (Lipinski definition) is 7. The van der Waals surface area contributed by atoms with Gasteiger partial charge < -0.3 is 14.5 Å². The van der Waals surface area contributed by atoms with Gasteiger partial charge in [0.2, 0.25) is 0 Å². The number of fused-ring (bicyclic) bond motifs is 1. The van der Waals surface area contributed by atoms with Crippen LogP contribution in [0, 0.1) is 0 Å². The summed E-state index contributed by atoms with van der Waals surface area (Å²) in [5.41, 5.74) is -0.565. The van der Waals surface area contributed by atoms with Crippen molar-refractivity contribution in [1.82, 2.24) is 9.62 Å². The van der Waals surface area contributed by atoms with Crippen molar-refractivity contribution in [1.29, 1.82) is 0 Å². The van der Waals surface area contributed by atoms with E-state index >= 15 is 0 Å². The van der Waals surface area contributed by atoms with Gasteiger partial charge in [-0.25, -0.2) is 13.2 Å². The number of ether oxygens (including phenoxy) is 1. The van der Waals surface area contributed by atoms with Gasteiger partial charge in [-0.1, -0.05) is 24.6 Å². The Balaban J connectivity index is 1.45. The number of para-hydroxylation sites is 1. The van der Waals surface area contributed by atoms with E-state index < -0.39 is 21.6 Å². The van der Waals surface area contributed by atoms with Crippen LogP contribution in [0.2, 0.25) is 0 Å². The summed E-state index contributed by atoms with van der Waals surface area (Å²) in [5.74, 6) is -0.136. The Morgan fingerprint density at radius 3 is 2.88 bits per heavy atom. The molecule has 170 valence electrons. The molecule has 32 heavy (non-hydrogen) atoms. The van der Waals surface area contributed by atoms with Gasteiger partial charge in [0.25, 0.3) is 15.9 Å². The highest BCUT2D eigenvalue weighted by Gasteiger charge is 2.33. The lowest BCUT2D eigenvalue weighted by molar-refractivity contribution is 0.0946. The summed E-state index contributed by atoms with van der Waals surface area (Å²) >= 11 is 1.20. The minimum Gasteiger partial charge on any atom is -0.493 e. The van der Waals surface area contributed by atoms with E-state index in [1.807, 2.05) is 0 Å². The Kier molecular flexibility index (Phi) is 6.63. The molecule has 0 aliphatic carbocycles. The summed E-state index contributed by atoms with van der Waals surface area (Å²) in [4.78, 5) is 25.0. The number of rotatable bonds is 7. The van der Waals surface area contributed by atoms with Crippen LogP contribution in [-0.2, 0) is 10.0 Å². The van der Waals surface area contributed by atoms with Crippen LogP contribution in [0.4, 0.5) is 0 Å². The molecule has 1 N–H and O–H groups in total. The van der Waals surface area contributed by atoms with Gasteiger partial charge in [0.1, 0.15) is 9.77 Å². The molecule has 3 heterocycles. The fourth-order valence-corrected chi connectivity index (χ4v) is 6.83. The first-order valence-electron chi connectivity index (χ1n) is 10.4. The van der Waals surface area contributed by atoms with Crippen molar-refractivity contribution in [3.05, 3.63) is 57.8 Å². The van der Waals surface area contributed by atoms with Gasteiger partial charge in [0.05, 0.1) is 7.11 Å². The SMILES string of the molecule is COc1cccc2cc(C(=O)NCCC3CCCCN3S(=O)(=O)c3cccs3)c(=O)oc12. The monoisotopic (exact) mass is 476 g/mol. The first-order valence-corrected chi connectivity index (χ1v) is 12.7. The lowest BCUT2D eigenvalue weighted by Gasteiger charge is -2.34. The zero-order valence-corrected chi connectivity index (χ0v) is 19.2. The maximum atomic E-state index is 13.0. The number of benzene rings is 1. The van der Waals surface area contributed by atoms with Crippen LogP contribution in [0.3, 0.4) is 0 Å². The topological polar surface area (TPSA) is 106 Å². The van der Waals surface area contributed by atoms with Crippen LogP contribution in [0.5, 0.6) is 5.75 Å². The lowest BCUT2D eigenvalue weighted by atomic mass is 10.0. The molecule has 1 aliphatic rings. The number of hydrogen-bond donors (Lipinski definition) is 1. The van der Waals surface area contributed by atoms with Gasteiger partial charge in [-0.05, 0) is 42.8 Å². The highest BCUT2D eigenvalue weighted by atomic mass is 32.2. The number of carbonyl (C=O) groups is 1. The van der Waals surface area contributed by atoms with Crippen LogP contribution in [0.15, 0.2) is 55.2 Å². The van der Waals surface area contributed by atoms with Crippen molar-refractivity contribution in [3.63, 3.8) is 0 Å². The zero-order chi connectivity index (χ0) is 22.7. The van der Waals surface area contributed by atoms with Crippen molar-refractivity contribution in [2.45, 2.75) is 35.9 Å². The molecule has 1 atom stereocenters. The second-order valence-corrected chi connectivity index (χ2v) is 10.6. The average Bonchev–Trinajstić information content (AvgIpc) is 3.34. The van der Waals surface area contributed by atoms with E-state index in [1.54, 1.807) is 40.0 Å². The van der Waals surface area contributed by atoms with Crippen LogP contribution in [0.25, 0.3) is 11.0 Å². The van der Waals surface area contributed by atoms with Gasteiger partial charge in [-0.3, -0.25) is 4.79 Å². The molecule has 1 fully saturated rings. The van der Waals surface area contributed by atoms with Crippen LogP contribution in [0.1, 0.15) is 36.0 Å². The summed E-state index contributed by atoms with van der Waals surface area (Å²) in [6, 6.07) is 9.76. The minimum absolute atomic E-state index is 0.0996. The number of carbonyl (C=O) groups excluding carboxylic acids is 1. The molecule has 0 spiro atoms. The number of sulfonamides is 1. The summed E-state index contributed by atoms with van der Waals surface area (Å²) in [6.07, 6.45) is 2.95. The Hall–Kier alpha value is -2.69. The molecule has 1 aromatic carbocycles. The number of nitrogens with one attached hydrogen (secondary N) is 1. The van der Waals surface area contributed by atoms with E-state index in [0.717, 1.165) is 19.3 Å². The number of amides is 1. The van der Waals surface area contributed by atoms with E-state index in [0.29, 0.717) is 28.3 Å². The van der Waals surface area contributed by atoms with Gasteiger partial charge in [-0.2, -0.15) is 4.31 Å². The Morgan fingerprint density at radius 1 is 1.28 bits per heavy atom. The zero-order valence-electron chi connectivity index (χ0n) is 17.6. The summed E-state index contributed by atoms with van der Waals surface area (Å²) in [7, 11) is -2.07. The molecule has 8 nitrogen and oxygen atoms in total. The molecule has 0 bridgehead atoms. The Bertz CT molecular complexity index is 1270. The second kappa shape index (κ2) is 9.43. The van der Waals surface area contributed by atoms with Crippen molar-refractivity contribution in [3.8, 4) is 5.75 Å². The van der Waals surface area contributed by atoms with Gasteiger partial charge >= 0.3 is 5.63 Å². The van der Waals surface area contributed by atoms with E-state index in [1.165, 1.54) is 24.5 Å². The van der Waals surface area contributed by atoms with E-state index in [-0.39, 0.29) is 23.7 Å². The molecule has 0 radical (unpaired) electrons. The van der Waals surface area contributed by atoms with Crippen LogP contribution in [-0.4, -0.2) is 44.9 Å². The highest BCUT2D eigenvalue weighted by molar-refractivity contribution is 7.91. The molecule has 2 aromatic heterocycles. The fraction of sp³-hybridized carbons (Fsp3) is 0.364. The molecule has 1 aliphatic heterocycles. The third-order valence-electron chi connectivity index (χ3n) is 5.58.